The summed E-state index contributed by atoms with van der Waals surface area (Å²) in [6.45, 7) is 3.71. The first kappa shape index (κ1) is 16.9. The molecule has 114 valence electrons. The molecule has 0 fully saturated rings. The zero-order valence-corrected chi connectivity index (χ0v) is 12.5. The molecule has 0 spiro atoms. The van der Waals surface area contributed by atoms with E-state index in [-0.39, 0.29) is 18.0 Å². The van der Waals surface area contributed by atoms with Crippen LogP contribution in [0.3, 0.4) is 0 Å². The molecule has 0 unspecified atom stereocenters. The number of nitrogen functional groups attached to an aromatic ring is 1. The Morgan fingerprint density at radius 3 is 2.45 bits per heavy atom. The minimum atomic E-state index is -3.90. The van der Waals surface area contributed by atoms with Crippen LogP contribution in [0.2, 0.25) is 0 Å². The molecule has 0 atom stereocenters. The van der Waals surface area contributed by atoms with E-state index in [2.05, 4.69) is 4.72 Å². The van der Waals surface area contributed by atoms with Crippen LogP contribution in [0.1, 0.15) is 26.7 Å². The number of aliphatic hydroxyl groups excluding tert-OH is 1. The van der Waals surface area contributed by atoms with Crippen molar-refractivity contribution in [2.45, 2.75) is 31.6 Å². The molecule has 1 aromatic carbocycles. The zero-order valence-electron chi connectivity index (χ0n) is 11.7. The molecule has 1 aromatic rings. The summed E-state index contributed by atoms with van der Waals surface area (Å²) in [5.41, 5.74) is 4.54. The van der Waals surface area contributed by atoms with Gasteiger partial charge in [0.2, 0.25) is 10.0 Å². The van der Waals surface area contributed by atoms with Crippen LogP contribution in [0.5, 0.6) is 0 Å². The lowest BCUT2D eigenvalue weighted by Crippen LogP contribution is -2.39. The van der Waals surface area contributed by atoms with Gasteiger partial charge in [0.25, 0.3) is 0 Å². The molecule has 0 saturated carbocycles. The largest absolute Gasteiger partial charge is 0.396 e. The number of para-hydroxylation sites is 1. The summed E-state index contributed by atoms with van der Waals surface area (Å²) in [6, 6.07) is 3.64. The number of anilines is 1. The Kier molecular flexibility index (Phi) is 5.50. The van der Waals surface area contributed by atoms with Gasteiger partial charge in [-0.05, 0) is 25.0 Å². The van der Waals surface area contributed by atoms with Crippen molar-refractivity contribution in [3.05, 3.63) is 24.0 Å². The highest BCUT2D eigenvalue weighted by atomic mass is 32.2. The minimum Gasteiger partial charge on any atom is -0.396 e. The number of nitrogens with one attached hydrogen (secondary N) is 1. The van der Waals surface area contributed by atoms with E-state index >= 15 is 0 Å². The Hall–Kier alpha value is -1.18. The number of halogens is 1. The van der Waals surface area contributed by atoms with E-state index in [1.807, 2.05) is 13.8 Å². The monoisotopic (exact) mass is 304 g/mol. The summed E-state index contributed by atoms with van der Waals surface area (Å²) in [7, 11) is -3.90. The SMILES string of the molecule is CCC(CC)(CO)CNS(=O)(=O)c1cccc(F)c1N. The fourth-order valence-electron chi connectivity index (χ4n) is 1.86. The molecule has 0 aliphatic carbocycles. The number of benzene rings is 1. The van der Waals surface area contributed by atoms with Gasteiger partial charge in [0.05, 0.1) is 5.69 Å². The normalized spacial score (nSPS) is 12.6. The van der Waals surface area contributed by atoms with Crippen LogP contribution in [0, 0.1) is 11.2 Å². The third kappa shape index (κ3) is 3.47. The fourth-order valence-corrected chi connectivity index (χ4v) is 3.15. The fraction of sp³-hybridized carbons (Fsp3) is 0.538. The molecule has 0 aliphatic rings. The van der Waals surface area contributed by atoms with E-state index in [1.54, 1.807) is 0 Å². The van der Waals surface area contributed by atoms with Gasteiger partial charge >= 0.3 is 0 Å². The molecular formula is C13H21FN2O3S. The maximum Gasteiger partial charge on any atom is 0.242 e. The Labute approximate surface area is 119 Å². The molecule has 0 radical (unpaired) electrons. The Bertz CT molecular complexity index is 548. The number of hydrogen-bond acceptors (Lipinski definition) is 4. The van der Waals surface area contributed by atoms with Gasteiger partial charge in [0.15, 0.2) is 0 Å². The summed E-state index contributed by atoms with van der Waals surface area (Å²) >= 11 is 0. The second-order valence-corrected chi connectivity index (χ2v) is 6.58. The average Bonchev–Trinajstić information content (AvgIpc) is 2.44. The van der Waals surface area contributed by atoms with Crippen LogP contribution in [0.4, 0.5) is 10.1 Å². The van der Waals surface area contributed by atoms with E-state index in [0.717, 1.165) is 6.07 Å². The Morgan fingerprint density at radius 2 is 1.95 bits per heavy atom. The van der Waals surface area contributed by atoms with Crippen LogP contribution >= 0.6 is 0 Å². The maximum absolute atomic E-state index is 13.3. The second kappa shape index (κ2) is 6.51. The highest BCUT2D eigenvalue weighted by molar-refractivity contribution is 7.89. The molecule has 0 aliphatic heterocycles. The highest BCUT2D eigenvalue weighted by Crippen LogP contribution is 2.26. The van der Waals surface area contributed by atoms with Crippen molar-refractivity contribution in [1.29, 1.82) is 0 Å². The first-order chi connectivity index (χ1) is 9.32. The topological polar surface area (TPSA) is 92.4 Å². The predicted octanol–water partition coefficient (Wildman–Crippen LogP) is 1.48. The second-order valence-electron chi connectivity index (χ2n) is 4.84. The van der Waals surface area contributed by atoms with Crippen LogP contribution in [-0.2, 0) is 10.0 Å². The summed E-state index contributed by atoms with van der Waals surface area (Å²) in [4.78, 5) is -0.281. The zero-order chi connectivity index (χ0) is 15.4. The molecule has 7 heteroatoms. The quantitative estimate of drug-likeness (QED) is 0.665. The average molecular weight is 304 g/mol. The van der Waals surface area contributed by atoms with Gasteiger partial charge < -0.3 is 10.8 Å². The van der Waals surface area contributed by atoms with Crippen molar-refractivity contribution in [2.75, 3.05) is 18.9 Å². The van der Waals surface area contributed by atoms with E-state index < -0.39 is 26.9 Å². The van der Waals surface area contributed by atoms with Crippen LogP contribution in [-0.4, -0.2) is 26.7 Å². The third-order valence-corrected chi connectivity index (χ3v) is 5.23. The lowest BCUT2D eigenvalue weighted by molar-refractivity contribution is 0.119. The van der Waals surface area contributed by atoms with Crippen molar-refractivity contribution in [3.8, 4) is 0 Å². The van der Waals surface area contributed by atoms with Crippen LogP contribution in [0.15, 0.2) is 23.1 Å². The Morgan fingerprint density at radius 1 is 1.35 bits per heavy atom. The number of sulfonamides is 1. The predicted molar refractivity (Wildman–Crippen MR) is 76.1 cm³/mol. The highest BCUT2D eigenvalue weighted by Gasteiger charge is 2.28. The number of nitrogens with two attached hydrogens (primary N) is 1. The third-order valence-electron chi connectivity index (χ3n) is 3.78. The van der Waals surface area contributed by atoms with E-state index in [1.165, 1.54) is 12.1 Å². The lowest BCUT2D eigenvalue weighted by Gasteiger charge is -2.29. The van der Waals surface area contributed by atoms with Gasteiger partial charge in [0.1, 0.15) is 10.7 Å². The summed E-state index contributed by atoms with van der Waals surface area (Å²) in [5.74, 6) is -0.771. The van der Waals surface area contributed by atoms with Crippen molar-refractivity contribution in [2.24, 2.45) is 5.41 Å². The number of hydrogen-bond donors (Lipinski definition) is 3. The molecule has 0 amide bonds. The number of rotatable bonds is 7. The molecule has 5 nitrogen and oxygen atoms in total. The van der Waals surface area contributed by atoms with Gasteiger partial charge in [-0.15, -0.1) is 0 Å². The molecule has 0 bridgehead atoms. The molecule has 4 N–H and O–H groups in total. The van der Waals surface area contributed by atoms with Gasteiger partial charge in [-0.25, -0.2) is 17.5 Å². The molecule has 0 heterocycles. The first-order valence-corrected chi connectivity index (χ1v) is 7.94. The van der Waals surface area contributed by atoms with Crippen molar-refractivity contribution < 1.29 is 17.9 Å². The van der Waals surface area contributed by atoms with E-state index in [9.17, 15) is 17.9 Å². The van der Waals surface area contributed by atoms with Crippen LogP contribution < -0.4 is 10.5 Å². The molecular weight excluding hydrogens is 283 g/mol. The smallest absolute Gasteiger partial charge is 0.242 e. The summed E-state index contributed by atoms with van der Waals surface area (Å²) in [5, 5.41) is 9.42. The lowest BCUT2D eigenvalue weighted by atomic mass is 9.84. The van der Waals surface area contributed by atoms with E-state index in [0.29, 0.717) is 12.8 Å². The molecule has 0 saturated heterocycles. The van der Waals surface area contributed by atoms with Crippen molar-refractivity contribution in [1.82, 2.24) is 4.72 Å². The van der Waals surface area contributed by atoms with Gasteiger partial charge in [-0.3, -0.25) is 0 Å². The van der Waals surface area contributed by atoms with E-state index in [4.69, 9.17) is 5.73 Å². The summed E-state index contributed by atoms with van der Waals surface area (Å²) < 4.78 is 40.0. The minimum absolute atomic E-state index is 0.0782. The van der Waals surface area contributed by atoms with Crippen LogP contribution in [0.25, 0.3) is 0 Å². The first-order valence-electron chi connectivity index (χ1n) is 6.46. The standard InChI is InChI=1S/C13H21FN2O3S/c1-3-13(4-2,9-17)8-16-20(18,19)11-7-5-6-10(14)12(11)15/h5-7,16-17H,3-4,8-9,15H2,1-2H3. The van der Waals surface area contributed by atoms with Gasteiger partial charge in [-0.1, -0.05) is 19.9 Å². The van der Waals surface area contributed by atoms with Crippen molar-refractivity contribution >= 4 is 15.7 Å². The number of aliphatic hydroxyl groups is 1. The molecule has 1 rings (SSSR count). The maximum atomic E-state index is 13.3. The Balaban J connectivity index is 2.99. The van der Waals surface area contributed by atoms with Gasteiger partial charge in [0, 0.05) is 18.6 Å². The molecule has 0 aromatic heterocycles. The molecule has 20 heavy (non-hydrogen) atoms. The van der Waals surface area contributed by atoms with Gasteiger partial charge in [-0.2, -0.15) is 0 Å². The summed E-state index contributed by atoms with van der Waals surface area (Å²) in [6.07, 6.45) is 1.25. The van der Waals surface area contributed by atoms with Crippen molar-refractivity contribution in [3.63, 3.8) is 0 Å².